The topological polar surface area (TPSA) is 109 Å². The van der Waals surface area contributed by atoms with Gasteiger partial charge in [0.05, 0.1) is 22.5 Å². The fraction of sp³-hybridized carbons (Fsp3) is 0.0500. The van der Waals surface area contributed by atoms with E-state index in [4.69, 9.17) is 5.73 Å². The highest BCUT2D eigenvalue weighted by molar-refractivity contribution is 6.03. The molecular formula is C20H19N5O2. The second-order valence-electron chi connectivity index (χ2n) is 5.72. The van der Waals surface area contributed by atoms with Crippen molar-refractivity contribution >= 4 is 34.7 Å². The third-order valence-electron chi connectivity index (χ3n) is 3.88. The zero-order valence-corrected chi connectivity index (χ0v) is 14.7. The van der Waals surface area contributed by atoms with Crippen LogP contribution in [0.15, 0.2) is 66.9 Å². The Morgan fingerprint density at radius 2 is 1.59 bits per heavy atom. The molecule has 136 valence electrons. The van der Waals surface area contributed by atoms with Gasteiger partial charge in [-0.15, -0.1) is 0 Å². The smallest absolute Gasteiger partial charge is 0.254 e. The summed E-state index contributed by atoms with van der Waals surface area (Å²) >= 11 is 0. The number of nitrogens with zero attached hydrogens (tertiary/aromatic N) is 1. The average Bonchev–Trinajstić information content (AvgIpc) is 2.69. The van der Waals surface area contributed by atoms with Gasteiger partial charge in [-0.1, -0.05) is 30.3 Å². The third-order valence-corrected chi connectivity index (χ3v) is 3.88. The molecule has 0 radical (unpaired) electrons. The zero-order chi connectivity index (χ0) is 19.2. The molecule has 1 heterocycles. The van der Waals surface area contributed by atoms with Crippen LogP contribution in [0.5, 0.6) is 0 Å². The van der Waals surface area contributed by atoms with E-state index in [1.54, 1.807) is 37.4 Å². The van der Waals surface area contributed by atoms with Gasteiger partial charge in [-0.3, -0.25) is 9.59 Å². The molecule has 0 spiro atoms. The summed E-state index contributed by atoms with van der Waals surface area (Å²) in [5.41, 5.74) is 7.98. The number of hydrogen-bond donors (Lipinski definition) is 4. The van der Waals surface area contributed by atoms with Gasteiger partial charge in [-0.05, 0) is 24.3 Å². The van der Waals surface area contributed by atoms with Crippen molar-refractivity contribution in [2.45, 2.75) is 0 Å². The standard InChI is InChI=1S/C20H19N5O2/c1-22-20(27)15-12-23-18(24-13-7-3-2-4-8-13)11-17(15)25-16-10-6-5-9-14(16)19(21)26/h2-12H,1H3,(H2,21,26)(H,22,27)(H2,23,24,25). The minimum atomic E-state index is -0.559. The number of carbonyl (C=O) groups excluding carboxylic acids is 2. The molecule has 2 amide bonds. The highest BCUT2D eigenvalue weighted by Crippen LogP contribution is 2.26. The lowest BCUT2D eigenvalue weighted by atomic mass is 10.1. The Bertz CT molecular complexity index is 973. The number of benzene rings is 2. The van der Waals surface area contributed by atoms with E-state index in [0.29, 0.717) is 28.3 Å². The molecule has 0 atom stereocenters. The average molecular weight is 361 g/mol. The van der Waals surface area contributed by atoms with Crippen LogP contribution in [0.3, 0.4) is 0 Å². The number of rotatable bonds is 6. The van der Waals surface area contributed by atoms with E-state index < -0.39 is 5.91 Å². The molecule has 5 N–H and O–H groups in total. The molecule has 3 rings (SSSR count). The predicted octanol–water partition coefficient (Wildman–Crippen LogP) is 3.03. The SMILES string of the molecule is CNC(=O)c1cnc(Nc2ccccc2)cc1Nc1ccccc1C(N)=O. The van der Waals surface area contributed by atoms with Crippen LogP contribution in [-0.2, 0) is 0 Å². The van der Waals surface area contributed by atoms with E-state index in [0.717, 1.165) is 5.69 Å². The van der Waals surface area contributed by atoms with Crippen molar-refractivity contribution in [1.29, 1.82) is 0 Å². The molecule has 0 bridgehead atoms. The van der Waals surface area contributed by atoms with Crippen LogP contribution in [0.25, 0.3) is 0 Å². The maximum atomic E-state index is 12.2. The van der Waals surface area contributed by atoms with Crippen molar-refractivity contribution < 1.29 is 9.59 Å². The fourth-order valence-corrected chi connectivity index (χ4v) is 2.56. The number of carbonyl (C=O) groups is 2. The monoisotopic (exact) mass is 361 g/mol. The number of amides is 2. The molecular weight excluding hydrogens is 342 g/mol. The van der Waals surface area contributed by atoms with Crippen molar-refractivity contribution in [2.75, 3.05) is 17.7 Å². The number of anilines is 4. The Hall–Kier alpha value is -3.87. The van der Waals surface area contributed by atoms with E-state index in [9.17, 15) is 9.59 Å². The molecule has 3 aromatic rings. The summed E-state index contributed by atoms with van der Waals surface area (Å²) in [5.74, 6) is -0.308. The number of nitrogens with two attached hydrogens (primary N) is 1. The molecule has 0 saturated carbocycles. The lowest BCUT2D eigenvalue weighted by molar-refractivity contribution is 0.0962. The van der Waals surface area contributed by atoms with Gasteiger partial charge >= 0.3 is 0 Å². The van der Waals surface area contributed by atoms with E-state index in [2.05, 4.69) is 20.9 Å². The molecule has 27 heavy (non-hydrogen) atoms. The van der Waals surface area contributed by atoms with Gasteiger partial charge in [0.2, 0.25) is 0 Å². The summed E-state index contributed by atoms with van der Waals surface area (Å²) in [7, 11) is 1.54. The fourth-order valence-electron chi connectivity index (χ4n) is 2.56. The molecule has 7 nitrogen and oxygen atoms in total. The van der Waals surface area contributed by atoms with Gasteiger partial charge in [0.15, 0.2) is 0 Å². The van der Waals surface area contributed by atoms with Crippen molar-refractivity contribution in [1.82, 2.24) is 10.3 Å². The summed E-state index contributed by atoms with van der Waals surface area (Å²) in [5, 5.41) is 8.88. The normalized spacial score (nSPS) is 10.1. The van der Waals surface area contributed by atoms with E-state index in [1.165, 1.54) is 6.20 Å². The first-order chi connectivity index (χ1) is 13.1. The van der Waals surface area contributed by atoms with E-state index in [1.807, 2.05) is 30.3 Å². The Labute approximate surface area is 156 Å². The summed E-state index contributed by atoms with van der Waals surface area (Å²) in [6.07, 6.45) is 1.47. The summed E-state index contributed by atoms with van der Waals surface area (Å²) in [4.78, 5) is 28.2. The van der Waals surface area contributed by atoms with Gasteiger partial charge in [0.25, 0.3) is 11.8 Å². The van der Waals surface area contributed by atoms with Gasteiger partial charge < -0.3 is 21.7 Å². The minimum Gasteiger partial charge on any atom is -0.366 e. The van der Waals surface area contributed by atoms with Crippen LogP contribution < -0.4 is 21.7 Å². The molecule has 0 aliphatic heterocycles. The highest BCUT2D eigenvalue weighted by Gasteiger charge is 2.15. The number of aromatic nitrogens is 1. The molecule has 0 aliphatic carbocycles. The van der Waals surface area contributed by atoms with E-state index >= 15 is 0 Å². The first kappa shape index (κ1) is 17.9. The molecule has 0 aliphatic rings. The van der Waals surface area contributed by atoms with Crippen molar-refractivity contribution in [2.24, 2.45) is 5.73 Å². The highest BCUT2D eigenvalue weighted by atomic mass is 16.2. The Morgan fingerprint density at radius 3 is 2.30 bits per heavy atom. The molecule has 0 saturated heterocycles. The van der Waals surface area contributed by atoms with Gasteiger partial charge in [-0.25, -0.2) is 4.98 Å². The lowest BCUT2D eigenvalue weighted by Gasteiger charge is -2.15. The zero-order valence-electron chi connectivity index (χ0n) is 14.7. The first-order valence-electron chi connectivity index (χ1n) is 8.28. The van der Waals surface area contributed by atoms with Crippen molar-refractivity contribution in [3.8, 4) is 0 Å². The molecule has 7 heteroatoms. The molecule has 0 fully saturated rings. The summed E-state index contributed by atoms with van der Waals surface area (Å²) in [6.45, 7) is 0. The largest absolute Gasteiger partial charge is 0.366 e. The van der Waals surface area contributed by atoms with Crippen LogP contribution in [0.4, 0.5) is 22.9 Å². The summed E-state index contributed by atoms with van der Waals surface area (Å²) < 4.78 is 0. The number of nitrogens with one attached hydrogen (secondary N) is 3. The number of primary amides is 1. The first-order valence-corrected chi connectivity index (χ1v) is 8.28. The van der Waals surface area contributed by atoms with E-state index in [-0.39, 0.29) is 5.91 Å². The van der Waals surface area contributed by atoms with Crippen LogP contribution in [-0.4, -0.2) is 23.8 Å². The maximum Gasteiger partial charge on any atom is 0.254 e. The lowest BCUT2D eigenvalue weighted by Crippen LogP contribution is -2.20. The Morgan fingerprint density at radius 1 is 0.889 bits per heavy atom. The Balaban J connectivity index is 1.99. The summed E-state index contributed by atoms with van der Waals surface area (Å²) in [6, 6.07) is 18.1. The second-order valence-corrected chi connectivity index (χ2v) is 5.72. The van der Waals surface area contributed by atoms with Crippen molar-refractivity contribution in [3.63, 3.8) is 0 Å². The van der Waals surface area contributed by atoms with Gasteiger partial charge in [-0.2, -0.15) is 0 Å². The van der Waals surface area contributed by atoms with Crippen LogP contribution in [0.2, 0.25) is 0 Å². The quantitative estimate of drug-likeness (QED) is 0.540. The Kier molecular flexibility index (Phi) is 5.32. The molecule has 2 aromatic carbocycles. The minimum absolute atomic E-state index is 0.298. The number of hydrogen-bond acceptors (Lipinski definition) is 5. The van der Waals surface area contributed by atoms with Crippen molar-refractivity contribution in [3.05, 3.63) is 78.0 Å². The maximum absolute atomic E-state index is 12.2. The van der Waals surface area contributed by atoms with Gasteiger partial charge in [0, 0.05) is 25.0 Å². The van der Waals surface area contributed by atoms with Crippen LogP contribution >= 0.6 is 0 Å². The molecule has 0 unspecified atom stereocenters. The van der Waals surface area contributed by atoms with Crippen LogP contribution in [0.1, 0.15) is 20.7 Å². The third kappa shape index (κ3) is 4.21. The molecule has 1 aromatic heterocycles. The second kappa shape index (κ2) is 8.01. The van der Waals surface area contributed by atoms with Gasteiger partial charge in [0.1, 0.15) is 5.82 Å². The number of pyridine rings is 1. The van der Waals surface area contributed by atoms with Crippen LogP contribution in [0, 0.1) is 0 Å². The predicted molar refractivity (Wildman–Crippen MR) is 106 cm³/mol. The number of para-hydroxylation sites is 2.